The number of aromatic amines is 1. The maximum Gasteiger partial charge on any atom is 0.257 e. The highest BCUT2D eigenvalue weighted by Gasteiger charge is 2.30. The average molecular weight is 386 g/mol. The molecule has 2 amide bonds. The van der Waals surface area contributed by atoms with Gasteiger partial charge in [-0.15, -0.1) is 6.58 Å². The molecule has 0 spiro atoms. The van der Waals surface area contributed by atoms with Crippen LogP contribution in [-0.4, -0.2) is 34.1 Å². The molecule has 0 aliphatic carbocycles. The van der Waals surface area contributed by atoms with Crippen LogP contribution in [0.5, 0.6) is 5.75 Å². The van der Waals surface area contributed by atoms with Crippen molar-refractivity contribution < 1.29 is 14.3 Å². The summed E-state index contributed by atoms with van der Waals surface area (Å²) >= 11 is 1.33. The fourth-order valence-corrected chi connectivity index (χ4v) is 3.39. The highest BCUT2D eigenvalue weighted by atomic mass is 32.2. The molecule has 0 fully saturated rings. The van der Waals surface area contributed by atoms with E-state index in [1.165, 1.54) is 11.8 Å². The summed E-state index contributed by atoms with van der Waals surface area (Å²) in [5, 5.41) is 3.10. The van der Waals surface area contributed by atoms with E-state index < -0.39 is 11.8 Å². The molecule has 1 atom stereocenters. The van der Waals surface area contributed by atoms with Gasteiger partial charge in [0.1, 0.15) is 11.6 Å². The number of hydrogen-bond acceptors (Lipinski definition) is 6. The summed E-state index contributed by atoms with van der Waals surface area (Å²) < 4.78 is 5.23. The number of H-pyrrole nitrogens is 1. The largest absolute Gasteiger partial charge is 0.484 e. The van der Waals surface area contributed by atoms with Gasteiger partial charge < -0.3 is 20.8 Å². The fraction of sp³-hybridized carbons (Fsp3) is 0.222. The van der Waals surface area contributed by atoms with Gasteiger partial charge in [0.15, 0.2) is 11.8 Å². The summed E-state index contributed by atoms with van der Waals surface area (Å²) in [5.74, 6) is 0.140. The lowest BCUT2D eigenvalue weighted by molar-refractivity contribution is -0.120. The number of rotatable bonds is 7. The SMILES string of the molecule is C=CCSc1nc2c(c(=O)[nH]1)[C@@H](c1ccc(OCC(N)=O)cc1)CC(=O)N2. The zero-order valence-electron chi connectivity index (χ0n) is 14.4. The zero-order chi connectivity index (χ0) is 19.4. The average Bonchev–Trinajstić information content (AvgIpc) is 2.64. The number of nitrogens with one attached hydrogen (secondary N) is 2. The van der Waals surface area contributed by atoms with Crippen molar-refractivity contribution in [3.05, 3.63) is 58.4 Å². The predicted octanol–water partition coefficient (Wildman–Crippen LogP) is 1.39. The van der Waals surface area contributed by atoms with Crippen molar-refractivity contribution >= 4 is 29.4 Å². The first-order chi connectivity index (χ1) is 13.0. The van der Waals surface area contributed by atoms with Gasteiger partial charge in [0.05, 0.1) is 5.56 Å². The van der Waals surface area contributed by atoms with Crippen LogP contribution in [0, 0.1) is 0 Å². The number of carbonyl (C=O) groups is 2. The van der Waals surface area contributed by atoms with Crippen LogP contribution >= 0.6 is 11.8 Å². The number of anilines is 1. The van der Waals surface area contributed by atoms with Crippen LogP contribution in [-0.2, 0) is 9.59 Å². The molecular weight excluding hydrogens is 368 g/mol. The van der Waals surface area contributed by atoms with Crippen molar-refractivity contribution in [3.8, 4) is 5.75 Å². The molecule has 0 bridgehead atoms. The molecule has 8 nitrogen and oxygen atoms in total. The van der Waals surface area contributed by atoms with Gasteiger partial charge in [0.2, 0.25) is 5.91 Å². The third-order valence-corrected chi connectivity index (χ3v) is 4.80. The van der Waals surface area contributed by atoms with Gasteiger partial charge in [0, 0.05) is 18.1 Å². The molecule has 1 aromatic carbocycles. The summed E-state index contributed by atoms with van der Waals surface area (Å²) in [5.41, 5.74) is 5.96. The second kappa shape index (κ2) is 8.09. The molecule has 27 heavy (non-hydrogen) atoms. The van der Waals surface area contributed by atoms with Gasteiger partial charge >= 0.3 is 0 Å². The Morgan fingerprint density at radius 2 is 2.11 bits per heavy atom. The first-order valence-corrected chi connectivity index (χ1v) is 9.15. The molecular formula is C18H18N4O4S. The Hall–Kier alpha value is -3.07. The smallest absolute Gasteiger partial charge is 0.257 e. The minimum atomic E-state index is -0.570. The summed E-state index contributed by atoms with van der Waals surface area (Å²) in [7, 11) is 0. The molecule has 4 N–H and O–H groups in total. The second-order valence-electron chi connectivity index (χ2n) is 5.86. The quantitative estimate of drug-likeness (QED) is 0.375. The van der Waals surface area contributed by atoms with Crippen molar-refractivity contribution in [2.24, 2.45) is 5.73 Å². The Morgan fingerprint density at radius 1 is 1.37 bits per heavy atom. The first kappa shape index (κ1) is 18.7. The van der Waals surface area contributed by atoms with E-state index in [4.69, 9.17) is 10.5 Å². The van der Waals surface area contributed by atoms with E-state index in [1.807, 2.05) is 0 Å². The predicted molar refractivity (Wildman–Crippen MR) is 102 cm³/mol. The first-order valence-electron chi connectivity index (χ1n) is 8.16. The van der Waals surface area contributed by atoms with E-state index in [-0.39, 0.29) is 30.3 Å². The lowest BCUT2D eigenvalue weighted by atomic mass is 9.87. The van der Waals surface area contributed by atoms with E-state index in [0.717, 1.165) is 5.56 Å². The molecule has 0 saturated carbocycles. The molecule has 1 aromatic heterocycles. The maximum atomic E-state index is 12.6. The summed E-state index contributed by atoms with van der Waals surface area (Å²) in [6.45, 7) is 3.41. The minimum Gasteiger partial charge on any atom is -0.484 e. The molecule has 1 aliphatic heterocycles. The van der Waals surface area contributed by atoms with Gasteiger partial charge in [-0.2, -0.15) is 0 Å². The van der Waals surface area contributed by atoms with Gasteiger partial charge in [-0.3, -0.25) is 14.4 Å². The Kier molecular flexibility index (Phi) is 5.60. The third-order valence-electron chi connectivity index (χ3n) is 3.93. The van der Waals surface area contributed by atoms with E-state index in [9.17, 15) is 14.4 Å². The zero-order valence-corrected chi connectivity index (χ0v) is 15.2. The Balaban J connectivity index is 1.91. The number of hydrogen-bond donors (Lipinski definition) is 3. The fourth-order valence-electron chi connectivity index (χ4n) is 2.79. The van der Waals surface area contributed by atoms with E-state index in [2.05, 4.69) is 21.9 Å². The van der Waals surface area contributed by atoms with E-state index in [0.29, 0.717) is 22.2 Å². The minimum absolute atomic E-state index is 0.137. The number of amides is 2. The standard InChI is InChI=1S/C18H18N4O4S/c1-2-7-27-18-21-16-15(17(25)22-18)12(8-14(24)20-16)10-3-5-11(6-4-10)26-9-13(19)23/h2-6,12H,1,7-9H2,(H2,19,23)(H2,20,21,22,24,25)/t12-/m1/s1. The topological polar surface area (TPSA) is 127 Å². The Bertz CT molecular complexity index is 939. The highest BCUT2D eigenvalue weighted by Crippen LogP contribution is 2.35. The van der Waals surface area contributed by atoms with Crippen molar-refractivity contribution in [2.75, 3.05) is 17.7 Å². The molecule has 140 valence electrons. The maximum absolute atomic E-state index is 12.6. The number of carbonyl (C=O) groups excluding carboxylic acids is 2. The normalized spacial score (nSPS) is 15.6. The third kappa shape index (κ3) is 4.37. The van der Waals surface area contributed by atoms with Crippen LogP contribution in [0.25, 0.3) is 0 Å². The van der Waals surface area contributed by atoms with E-state index >= 15 is 0 Å². The van der Waals surface area contributed by atoms with E-state index in [1.54, 1.807) is 30.3 Å². The lowest BCUT2D eigenvalue weighted by Gasteiger charge is -2.24. The van der Waals surface area contributed by atoms with Crippen molar-refractivity contribution in [1.29, 1.82) is 0 Å². The van der Waals surface area contributed by atoms with Crippen molar-refractivity contribution in [1.82, 2.24) is 9.97 Å². The monoisotopic (exact) mass is 386 g/mol. The molecule has 0 unspecified atom stereocenters. The number of nitrogens with zero attached hydrogens (tertiary/aromatic N) is 1. The lowest BCUT2D eigenvalue weighted by Crippen LogP contribution is -2.31. The van der Waals surface area contributed by atoms with Crippen LogP contribution in [0.15, 0.2) is 46.9 Å². The Labute approximate surface area is 159 Å². The van der Waals surface area contributed by atoms with Gasteiger partial charge in [0.25, 0.3) is 11.5 Å². The molecule has 9 heteroatoms. The number of thioether (sulfide) groups is 1. The van der Waals surface area contributed by atoms with Crippen molar-refractivity contribution in [2.45, 2.75) is 17.5 Å². The highest BCUT2D eigenvalue weighted by molar-refractivity contribution is 7.99. The molecule has 1 aliphatic rings. The number of fused-ring (bicyclic) bond motifs is 1. The molecule has 3 rings (SSSR count). The molecule has 0 saturated heterocycles. The van der Waals surface area contributed by atoms with Crippen LogP contribution < -0.4 is 21.3 Å². The van der Waals surface area contributed by atoms with Gasteiger partial charge in [-0.25, -0.2) is 4.98 Å². The summed E-state index contributed by atoms with van der Waals surface area (Å²) in [4.78, 5) is 42.6. The van der Waals surface area contributed by atoms with Crippen LogP contribution in [0.1, 0.15) is 23.5 Å². The number of benzene rings is 1. The van der Waals surface area contributed by atoms with Crippen LogP contribution in [0.2, 0.25) is 0 Å². The number of primary amides is 1. The second-order valence-corrected chi connectivity index (χ2v) is 6.87. The number of aromatic nitrogens is 2. The van der Waals surface area contributed by atoms with Gasteiger partial charge in [-0.1, -0.05) is 30.0 Å². The Morgan fingerprint density at radius 3 is 2.78 bits per heavy atom. The van der Waals surface area contributed by atoms with Crippen LogP contribution in [0.3, 0.4) is 0 Å². The molecule has 2 aromatic rings. The number of ether oxygens (including phenoxy) is 1. The van der Waals surface area contributed by atoms with Gasteiger partial charge in [-0.05, 0) is 17.7 Å². The molecule has 2 heterocycles. The summed E-state index contributed by atoms with van der Waals surface area (Å²) in [6.07, 6.45) is 1.84. The molecule has 0 radical (unpaired) electrons. The summed E-state index contributed by atoms with van der Waals surface area (Å²) in [6, 6.07) is 6.84. The van der Waals surface area contributed by atoms with Crippen molar-refractivity contribution in [3.63, 3.8) is 0 Å². The van der Waals surface area contributed by atoms with Crippen LogP contribution in [0.4, 0.5) is 5.82 Å². The number of nitrogens with two attached hydrogens (primary N) is 1.